The molecule has 0 bridgehead atoms. The number of hydrogen-bond acceptors (Lipinski definition) is 5. The van der Waals surface area contributed by atoms with Crippen LogP contribution in [0.25, 0.3) is 17.0 Å². The Morgan fingerprint density at radius 1 is 1.36 bits per heavy atom. The summed E-state index contributed by atoms with van der Waals surface area (Å²) in [6.07, 6.45) is 2.72. The van der Waals surface area contributed by atoms with Crippen LogP contribution in [-0.2, 0) is 9.53 Å². The SMILES string of the molecule is CCOC(=O)n1cc(/C=C2\SC(=O)NC2=O)c2ccccc21. The number of carbonyl (C=O) groups is 3. The molecule has 1 aliphatic rings. The average molecular weight is 316 g/mol. The molecule has 22 heavy (non-hydrogen) atoms. The first kappa shape index (κ1) is 14.4. The molecule has 112 valence electrons. The van der Waals surface area contributed by atoms with Crippen LogP contribution < -0.4 is 5.32 Å². The monoisotopic (exact) mass is 316 g/mol. The first-order valence-electron chi connectivity index (χ1n) is 6.62. The number of aromatic nitrogens is 1. The summed E-state index contributed by atoms with van der Waals surface area (Å²) >= 11 is 0.841. The van der Waals surface area contributed by atoms with Gasteiger partial charge in [0.15, 0.2) is 0 Å². The van der Waals surface area contributed by atoms with E-state index in [4.69, 9.17) is 4.74 Å². The molecule has 0 aliphatic carbocycles. The highest BCUT2D eigenvalue weighted by Gasteiger charge is 2.25. The molecule has 0 saturated carbocycles. The van der Waals surface area contributed by atoms with Crippen LogP contribution in [0.3, 0.4) is 0 Å². The standard InChI is InChI=1S/C15H12N2O4S/c1-2-21-15(20)17-8-9(10-5-3-4-6-11(10)17)7-12-13(18)16-14(19)22-12/h3-8H,2H2,1H3,(H,16,18,19)/b12-7-. The van der Waals surface area contributed by atoms with Crippen LogP contribution in [0.2, 0.25) is 0 Å². The van der Waals surface area contributed by atoms with Gasteiger partial charge in [-0.05, 0) is 30.8 Å². The normalized spacial score (nSPS) is 16.3. The summed E-state index contributed by atoms with van der Waals surface area (Å²) in [5.41, 5.74) is 1.36. The average Bonchev–Trinajstić information content (AvgIpc) is 3.01. The van der Waals surface area contributed by atoms with E-state index in [1.165, 1.54) is 4.57 Å². The molecule has 0 spiro atoms. The third-order valence-corrected chi connectivity index (χ3v) is 3.95. The molecule has 6 nitrogen and oxygen atoms in total. The third-order valence-electron chi connectivity index (χ3n) is 3.14. The number of thioether (sulfide) groups is 1. The second-order valence-corrected chi connectivity index (χ2v) is 5.54. The Bertz CT molecular complexity index is 822. The molecule has 1 aromatic carbocycles. The van der Waals surface area contributed by atoms with Gasteiger partial charge in [-0.3, -0.25) is 19.5 Å². The van der Waals surface area contributed by atoms with Gasteiger partial charge in [-0.25, -0.2) is 4.79 Å². The van der Waals surface area contributed by atoms with Gasteiger partial charge in [0.1, 0.15) is 0 Å². The van der Waals surface area contributed by atoms with E-state index in [1.807, 2.05) is 18.2 Å². The zero-order chi connectivity index (χ0) is 15.7. The first-order valence-corrected chi connectivity index (χ1v) is 7.44. The molecule has 2 aromatic rings. The van der Waals surface area contributed by atoms with Gasteiger partial charge >= 0.3 is 6.09 Å². The summed E-state index contributed by atoms with van der Waals surface area (Å²) in [6.45, 7) is 2.01. The van der Waals surface area contributed by atoms with Crippen LogP contribution in [-0.4, -0.2) is 28.4 Å². The molecule has 2 amide bonds. The van der Waals surface area contributed by atoms with Gasteiger partial charge in [-0.1, -0.05) is 18.2 Å². The van der Waals surface area contributed by atoms with Crippen molar-refractivity contribution >= 4 is 46.0 Å². The minimum atomic E-state index is -0.483. The maximum atomic E-state index is 12.0. The Morgan fingerprint density at radius 2 is 2.14 bits per heavy atom. The second-order valence-electron chi connectivity index (χ2n) is 4.52. The lowest BCUT2D eigenvalue weighted by Gasteiger charge is -2.03. The van der Waals surface area contributed by atoms with Gasteiger partial charge in [0, 0.05) is 17.1 Å². The van der Waals surface area contributed by atoms with Crippen LogP contribution in [0.4, 0.5) is 9.59 Å². The zero-order valence-corrected chi connectivity index (χ0v) is 12.5. The number of nitrogens with zero attached hydrogens (tertiary/aromatic N) is 1. The number of benzene rings is 1. The summed E-state index contributed by atoms with van der Waals surface area (Å²) in [7, 11) is 0. The number of imide groups is 1. The molecule has 3 rings (SSSR count). The predicted octanol–water partition coefficient (Wildman–Crippen LogP) is 2.97. The van der Waals surface area contributed by atoms with Crippen molar-refractivity contribution in [3.05, 3.63) is 40.9 Å². The van der Waals surface area contributed by atoms with Crippen molar-refractivity contribution in [2.24, 2.45) is 0 Å². The molecular weight excluding hydrogens is 304 g/mol. The number of para-hydroxylation sites is 1. The smallest absolute Gasteiger partial charge is 0.418 e. The van der Waals surface area contributed by atoms with Crippen LogP contribution in [0.1, 0.15) is 12.5 Å². The number of hydrogen-bond donors (Lipinski definition) is 1. The van der Waals surface area contributed by atoms with Gasteiger partial charge in [0.25, 0.3) is 11.1 Å². The van der Waals surface area contributed by atoms with E-state index in [-0.39, 0.29) is 6.61 Å². The molecule has 2 heterocycles. The van der Waals surface area contributed by atoms with E-state index in [9.17, 15) is 14.4 Å². The molecule has 1 fully saturated rings. The number of carbonyl (C=O) groups excluding carboxylic acids is 3. The van der Waals surface area contributed by atoms with Crippen molar-refractivity contribution in [3.8, 4) is 0 Å². The summed E-state index contributed by atoms with van der Waals surface area (Å²) in [5.74, 6) is -0.428. The zero-order valence-electron chi connectivity index (χ0n) is 11.7. The lowest BCUT2D eigenvalue weighted by atomic mass is 10.1. The molecular formula is C15H12N2O4S. The van der Waals surface area contributed by atoms with Gasteiger partial charge in [-0.2, -0.15) is 0 Å². The fourth-order valence-corrected chi connectivity index (χ4v) is 2.90. The molecule has 0 atom stereocenters. The Balaban J connectivity index is 2.11. The van der Waals surface area contributed by atoms with Crippen LogP contribution in [0.5, 0.6) is 0 Å². The van der Waals surface area contributed by atoms with Gasteiger partial charge in [0.05, 0.1) is 17.0 Å². The number of fused-ring (bicyclic) bond motifs is 1. The molecule has 1 saturated heterocycles. The van der Waals surface area contributed by atoms with E-state index in [2.05, 4.69) is 5.32 Å². The van der Waals surface area contributed by atoms with Crippen LogP contribution in [0, 0.1) is 0 Å². The Kier molecular flexibility index (Phi) is 3.72. The predicted molar refractivity (Wildman–Crippen MR) is 83.5 cm³/mol. The number of amides is 2. The summed E-state index contributed by atoms with van der Waals surface area (Å²) < 4.78 is 6.42. The lowest BCUT2D eigenvalue weighted by molar-refractivity contribution is -0.115. The molecule has 7 heteroatoms. The summed E-state index contributed by atoms with van der Waals surface area (Å²) in [4.78, 5) is 35.2. The maximum Gasteiger partial charge on any atom is 0.418 e. The molecule has 1 aliphatic heterocycles. The van der Waals surface area contributed by atoms with Crippen LogP contribution >= 0.6 is 11.8 Å². The van der Waals surface area contributed by atoms with Crippen molar-refractivity contribution < 1.29 is 19.1 Å². The fourth-order valence-electron chi connectivity index (χ4n) is 2.23. The van der Waals surface area contributed by atoms with Crippen LogP contribution in [0.15, 0.2) is 35.4 Å². The van der Waals surface area contributed by atoms with Crippen molar-refractivity contribution in [1.29, 1.82) is 0 Å². The summed E-state index contributed by atoms with van der Waals surface area (Å²) in [6, 6.07) is 7.29. The van der Waals surface area contributed by atoms with E-state index < -0.39 is 17.2 Å². The molecule has 1 N–H and O–H groups in total. The molecule has 1 aromatic heterocycles. The minimum absolute atomic E-state index is 0.272. The highest BCUT2D eigenvalue weighted by atomic mass is 32.2. The minimum Gasteiger partial charge on any atom is -0.449 e. The number of nitrogens with one attached hydrogen (secondary N) is 1. The highest BCUT2D eigenvalue weighted by molar-refractivity contribution is 8.18. The van der Waals surface area contributed by atoms with Gasteiger partial charge in [0.2, 0.25) is 0 Å². The van der Waals surface area contributed by atoms with Gasteiger partial charge < -0.3 is 4.74 Å². The quantitative estimate of drug-likeness (QED) is 0.862. The molecule has 0 unspecified atom stereocenters. The third kappa shape index (κ3) is 2.50. The van der Waals surface area contributed by atoms with Crippen molar-refractivity contribution in [3.63, 3.8) is 0 Å². The van der Waals surface area contributed by atoms with E-state index >= 15 is 0 Å². The van der Waals surface area contributed by atoms with E-state index in [0.717, 1.165) is 17.1 Å². The topological polar surface area (TPSA) is 77.4 Å². The van der Waals surface area contributed by atoms with Crippen molar-refractivity contribution in [2.45, 2.75) is 6.92 Å². The Morgan fingerprint density at radius 3 is 2.82 bits per heavy atom. The Labute approximate surface area is 130 Å². The number of rotatable bonds is 2. The largest absolute Gasteiger partial charge is 0.449 e. The lowest BCUT2D eigenvalue weighted by Crippen LogP contribution is -2.17. The fraction of sp³-hybridized carbons (Fsp3) is 0.133. The number of ether oxygens (including phenoxy) is 1. The maximum absolute atomic E-state index is 12.0. The molecule has 0 radical (unpaired) electrons. The van der Waals surface area contributed by atoms with E-state index in [1.54, 1.807) is 25.3 Å². The van der Waals surface area contributed by atoms with Crippen molar-refractivity contribution in [2.75, 3.05) is 6.61 Å². The van der Waals surface area contributed by atoms with Gasteiger partial charge in [-0.15, -0.1) is 0 Å². The highest BCUT2D eigenvalue weighted by Crippen LogP contribution is 2.29. The second kappa shape index (κ2) is 5.69. The van der Waals surface area contributed by atoms with E-state index in [0.29, 0.717) is 16.0 Å². The summed E-state index contributed by atoms with van der Waals surface area (Å²) in [5, 5.41) is 2.61. The van der Waals surface area contributed by atoms with Crippen molar-refractivity contribution in [1.82, 2.24) is 9.88 Å². The first-order chi connectivity index (χ1) is 10.6. The Hall–Kier alpha value is -2.54.